The summed E-state index contributed by atoms with van der Waals surface area (Å²) >= 11 is 0. The zero-order valence-corrected chi connectivity index (χ0v) is 24.7. The van der Waals surface area contributed by atoms with Crippen molar-refractivity contribution in [1.29, 1.82) is 5.26 Å². The number of rotatable bonds is 7. The van der Waals surface area contributed by atoms with Gasteiger partial charge in [0.05, 0.1) is 46.9 Å². The molecule has 1 aliphatic rings. The highest BCUT2D eigenvalue weighted by Gasteiger charge is 2.61. The normalized spacial score (nSPS) is 16.8. The van der Waals surface area contributed by atoms with Crippen LogP contribution in [0.25, 0.3) is 22.7 Å². The molecule has 2 aromatic heterocycles. The zero-order valence-electron chi connectivity index (χ0n) is 23.9. The van der Waals surface area contributed by atoms with Gasteiger partial charge >= 0.3 is 12.3 Å². The number of ether oxygens (including phenoxy) is 1. The number of carbonyl (C=O) groups is 1. The van der Waals surface area contributed by atoms with E-state index in [1.54, 1.807) is 38.1 Å². The molecule has 0 aliphatic carbocycles. The van der Waals surface area contributed by atoms with Crippen LogP contribution < -0.4 is 15.4 Å². The van der Waals surface area contributed by atoms with E-state index in [1.165, 1.54) is 29.2 Å². The minimum atomic E-state index is -5.90. The average Bonchev–Trinajstić information content (AvgIpc) is 3.49. The van der Waals surface area contributed by atoms with Crippen molar-refractivity contribution >= 4 is 21.4 Å². The van der Waals surface area contributed by atoms with Crippen LogP contribution in [0.4, 0.5) is 27.6 Å². The van der Waals surface area contributed by atoms with Crippen molar-refractivity contribution < 1.29 is 44.3 Å². The Hall–Kier alpha value is -4.95. The molecule has 0 saturated heterocycles. The molecule has 0 spiro atoms. The smallest absolute Gasteiger partial charge is 0.424 e. The Morgan fingerprint density at radius 3 is 2.33 bits per heavy atom. The maximum absolute atomic E-state index is 13.4. The number of halogens is 5. The van der Waals surface area contributed by atoms with Crippen LogP contribution in [-0.4, -0.2) is 53.6 Å². The zero-order chi connectivity index (χ0) is 33.7. The first-order valence-electron chi connectivity index (χ1n) is 13.3. The molecule has 0 fully saturated rings. The van der Waals surface area contributed by atoms with Crippen LogP contribution in [-0.2, 0) is 26.6 Å². The number of nitrogens with zero attached hydrogens (tertiary/aromatic N) is 5. The lowest BCUT2D eigenvalue weighted by molar-refractivity contribution is -0.360. The van der Waals surface area contributed by atoms with E-state index in [4.69, 9.17) is 10.2 Å². The first-order valence-corrected chi connectivity index (χ1v) is 15.0. The van der Waals surface area contributed by atoms with Gasteiger partial charge in [0.1, 0.15) is 11.2 Å². The minimum absolute atomic E-state index is 0.00476. The van der Waals surface area contributed by atoms with Crippen molar-refractivity contribution in [1.82, 2.24) is 15.2 Å². The number of nitriles is 1. The first kappa shape index (κ1) is 32.4. The van der Waals surface area contributed by atoms with Crippen molar-refractivity contribution in [3.05, 3.63) is 72.2 Å². The molecule has 3 heterocycles. The van der Waals surface area contributed by atoms with E-state index in [9.17, 15) is 40.4 Å². The summed E-state index contributed by atoms with van der Waals surface area (Å²) < 4.78 is 99.4. The predicted octanol–water partition coefficient (Wildman–Crippen LogP) is 4.78. The maximum atomic E-state index is 13.4. The number of benzene rings is 2. The largest absolute Gasteiger partial charge is 0.499 e. The van der Waals surface area contributed by atoms with Crippen LogP contribution in [0.5, 0.6) is 5.75 Å². The molecule has 5 rings (SSSR count). The Labute approximate surface area is 258 Å². The summed E-state index contributed by atoms with van der Waals surface area (Å²) in [7, 11) is -4.00. The van der Waals surface area contributed by atoms with Crippen LogP contribution in [0, 0.1) is 11.3 Å². The molecule has 4 aromatic rings. The van der Waals surface area contributed by atoms with E-state index < -0.39 is 51.0 Å². The molecule has 17 heteroatoms. The molecular formula is C29H23F5N6O5S. The second kappa shape index (κ2) is 11.4. The third kappa shape index (κ3) is 6.26. The third-order valence-electron chi connectivity index (χ3n) is 6.96. The standard InChI is InChI=1S/C29H23F5N6O5S/c1-27(2,15-35)26-39-38-24(44-26)18-7-10-23-22(11-18)40(25(41)20(36)14-46(23,42)43)13-16-3-5-17(6-4-16)21-9-8-19(12-37-21)45-29(33,34)28(30,31)32/h3-12,20H,13-14,36H2,1-2H3/t20-/m0/s1. The van der Waals surface area contributed by atoms with Crippen LogP contribution >= 0.6 is 0 Å². The molecule has 0 radical (unpaired) electrons. The fraction of sp³-hybridized carbons (Fsp3) is 0.276. The van der Waals surface area contributed by atoms with E-state index in [0.29, 0.717) is 11.1 Å². The van der Waals surface area contributed by atoms with Crippen molar-refractivity contribution in [3.63, 3.8) is 0 Å². The Kier molecular flexibility index (Phi) is 8.07. The van der Waals surface area contributed by atoms with Crippen LogP contribution in [0.1, 0.15) is 25.3 Å². The number of amides is 1. The number of pyridine rings is 1. The van der Waals surface area contributed by atoms with E-state index in [-0.39, 0.29) is 40.2 Å². The number of carbonyl (C=O) groups excluding carboxylic acids is 1. The van der Waals surface area contributed by atoms with Crippen LogP contribution in [0.3, 0.4) is 0 Å². The van der Waals surface area contributed by atoms with Gasteiger partial charge in [-0.15, -0.1) is 10.2 Å². The van der Waals surface area contributed by atoms with Gasteiger partial charge in [-0.2, -0.15) is 27.2 Å². The van der Waals surface area contributed by atoms with Crippen molar-refractivity contribution in [2.45, 2.75) is 49.0 Å². The SMILES string of the molecule is CC(C)(C#N)c1nnc(-c2ccc3c(c2)N(Cc2ccc(-c4ccc(OC(F)(F)C(F)(F)F)cn4)cc2)C(=O)[C@@H](N)CS3(=O)=O)o1. The molecule has 0 unspecified atom stereocenters. The topological polar surface area (TPSA) is 165 Å². The Morgan fingerprint density at radius 2 is 1.72 bits per heavy atom. The highest BCUT2D eigenvalue weighted by Crippen LogP contribution is 2.38. The molecule has 0 saturated carbocycles. The average molecular weight is 663 g/mol. The first-order chi connectivity index (χ1) is 21.4. The molecule has 2 N–H and O–H groups in total. The number of aromatic nitrogens is 3. The van der Waals surface area contributed by atoms with Crippen molar-refractivity contribution in [3.8, 4) is 34.5 Å². The highest BCUT2D eigenvalue weighted by atomic mass is 32.2. The summed E-state index contributed by atoms with van der Waals surface area (Å²) in [5.74, 6) is -2.06. The second-order valence-electron chi connectivity index (χ2n) is 10.8. The van der Waals surface area contributed by atoms with Gasteiger partial charge in [0.25, 0.3) is 0 Å². The summed E-state index contributed by atoms with van der Waals surface area (Å²) in [6.07, 6.45) is -10.6. The fourth-order valence-corrected chi connectivity index (χ4v) is 5.98. The molecule has 240 valence electrons. The van der Waals surface area contributed by atoms with E-state index in [1.807, 2.05) is 6.07 Å². The number of alkyl halides is 5. The number of anilines is 1. The molecule has 0 bridgehead atoms. The number of hydrogen-bond donors (Lipinski definition) is 1. The lowest BCUT2D eigenvalue weighted by atomic mass is 9.96. The quantitative estimate of drug-likeness (QED) is 0.272. The number of sulfone groups is 1. The maximum Gasteiger partial charge on any atom is 0.499 e. The lowest BCUT2D eigenvalue weighted by Crippen LogP contribution is -2.45. The summed E-state index contributed by atoms with van der Waals surface area (Å²) in [4.78, 5) is 18.4. The highest BCUT2D eigenvalue weighted by molar-refractivity contribution is 7.91. The van der Waals surface area contributed by atoms with Crippen LogP contribution in [0.2, 0.25) is 0 Å². The molecule has 1 atom stereocenters. The number of nitrogens with two attached hydrogens (primary N) is 1. The van der Waals surface area contributed by atoms with E-state index >= 15 is 0 Å². The Balaban J connectivity index is 1.44. The molecular weight excluding hydrogens is 639 g/mol. The Morgan fingerprint density at radius 1 is 1.04 bits per heavy atom. The molecule has 2 aromatic carbocycles. The third-order valence-corrected chi connectivity index (χ3v) is 8.77. The van der Waals surface area contributed by atoms with E-state index in [0.717, 1.165) is 12.3 Å². The molecule has 1 amide bonds. The van der Waals surface area contributed by atoms with Gasteiger partial charge < -0.3 is 19.8 Å². The van der Waals surface area contributed by atoms with Gasteiger partial charge in [-0.3, -0.25) is 9.78 Å². The second-order valence-corrected chi connectivity index (χ2v) is 12.8. The van der Waals surface area contributed by atoms with Crippen molar-refractivity contribution in [2.24, 2.45) is 5.73 Å². The van der Waals surface area contributed by atoms with Crippen LogP contribution in [0.15, 0.2) is 70.1 Å². The summed E-state index contributed by atoms with van der Waals surface area (Å²) in [6.45, 7) is 3.04. The number of hydrogen-bond acceptors (Lipinski definition) is 10. The molecule has 1 aliphatic heterocycles. The van der Waals surface area contributed by atoms with Crippen molar-refractivity contribution in [2.75, 3.05) is 10.7 Å². The molecule has 46 heavy (non-hydrogen) atoms. The summed E-state index contributed by atoms with van der Waals surface area (Å²) in [5.41, 5.74) is 6.42. The summed E-state index contributed by atoms with van der Waals surface area (Å²) in [5, 5.41) is 17.3. The van der Waals surface area contributed by atoms with Gasteiger partial charge in [-0.1, -0.05) is 24.3 Å². The minimum Gasteiger partial charge on any atom is -0.424 e. The van der Waals surface area contributed by atoms with Gasteiger partial charge in [0, 0.05) is 11.1 Å². The summed E-state index contributed by atoms with van der Waals surface area (Å²) in [6, 6.07) is 13.3. The van der Waals surface area contributed by atoms with Gasteiger partial charge in [-0.25, -0.2) is 8.42 Å². The van der Waals surface area contributed by atoms with E-state index in [2.05, 4.69) is 19.9 Å². The van der Waals surface area contributed by atoms with Gasteiger partial charge in [0.15, 0.2) is 9.84 Å². The Bertz CT molecular complexity index is 1940. The number of fused-ring (bicyclic) bond motifs is 1. The lowest BCUT2D eigenvalue weighted by Gasteiger charge is -2.24. The van der Waals surface area contributed by atoms with Gasteiger partial charge in [-0.05, 0) is 49.7 Å². The predicted molar refractivity (Wildman–Crippen MR) is 151 cm³/mol. The van der Waals surface area contributed by atoms with Gasteiger partial charge in [0.2, 0.25) is 17.7 Å². The monoisotopic (exact) mass is 662 g/mol. The molecule has 11 nitrogen and oxygen atoms in total. The fourth-order valence-electron chi connectivity index (χ4n) is 4.42.